The predicted octanol–water partition coefficient (Wildman–Crippen LogP) is 4.89. The maximum atomic E-state index is 13.6. The summed E-state index contributed by atoms with van der Waals surface area (Å²) in [5.41, 5.74) is 0.0518. The average molecular weight is 424 g/mol. The zero-order valence-electron chi connectivity index (χ0n) is 10.4. The number of pyridine rings is 1. The molecule has 0 aliphatic rings. The summed E-state index contributed by atoms with van der Waals surface area (Å²) in [6, 6.07) is 2.18. The van der Waals surface area contributed by atoms with E-state index in [-0.39, 0.29) is 31.8 Å². The van der Waals surface area contributed by atoms with E-state index >= 15 is 0 Å². The average Bonchev–Trinajstić information content (AvgIpc) is 2.40. The van der Waals surface area contributed by atoms with Gasteiger partial charge in [-0.2, -0.15) is 4.39 Å². The summed E-state index contributed by atoms with van der Waals surface area (Å²) in [6.07, 6.45) is 0.988. The SMILES string of the molecule is Cc1c([N+](=O)[O-])cnc(Oc2cc(Br)cc(F)c2F)c1Br. The van der Waals surface area contributed by atoms with E-state index in [4.69, 9.17) is 4.74 Å². The third-order valence-corrected chi connectivity index (χ3v) is 3.96. The van der Waals surface area contributed by atoms with E-state index in [1.165, 1.54) is 13.0 Å². The summed E-state index contributed by atoms with van der Waals surface area (Å²) in [5.74, 6) is -2.75. The number of hydrogen-bond acceptors (Lipinski definition) is 4. The highest BCUT2D eigenvalue weighted by Gasteiger charge is 2.20. The summed E-state index contributed by atoms with van der Waals surface area (Å²) in [5, 5.41) is 10.8. The highest BCUT2D eigenvalue weighted by molar-refractivity contribution is 9.10. The van der Waals surface area contributed by atoms with Gasteiger partial charge in [-0.3, -0.25) is 10.1 Å². The first-order valence-electron chi connectivity index (χ1n) is 5.43. The molecule has 2 rings (SSSR count). The van der Waals surface area contributed by atoms with Gasteiger partial charge in [-0.05, 0) is 35.0 Å². The third-order valence-electron chi connectivity index (χ3n) is 2.57. The van der Waals surface area contributed by atoms with E-state index in [0.717, 1.165) is 12.3 Å². The Morgan fingerprint density at radius 2 is 2.00 bits per heavy atom. The van der Waals surface area contributed by atoms with E-state index in [1.54, 1.807) is 0 Å². The Morgan fingerprint density at radius 3 is 2.62 bits per heavy atom. The molecule has 0 aliphatic carbocycles. The van der Waals surface area contributed by atoms with Gasteiger partial charge in [-0.25, -0.2) is 9.37 Å². The number of benzene rings is 1. The Bertz CT molecular complexity index is 741. The molecule has 9 heteroatoms. The van der Waals surface area contributed by atoms with Gasteiger partial charge in [-0.15, -0.1) is 0 Å². The number of rotatable bonds is 3. The van der Waals surface area contributed by atoms with Crippen LogP contribution in [0.2, 0.25) is 0 Å². The van der Waals surface area contributed by atoms with Crippen molar-refractivity contribution < 1.29 is 18.4 Å². The summed E-state index contributed by atoms with van der Waals surface area (Å²) >= 11 is 6.11. The zero-order chi connectivity index (χ0) is 15.7. The van der Waals surface area contributed by atoms with E-state index in [0.29, 0.717) is 0 Å². The van der Waals surface area contributed by atoms with Gasteiger partial charge in [0.15, 0.2) is 11.6 Å². The zero-order valence-corrected chi connectivity index (χ0v) is 13.5. The quantitative estimate of drug-likeness (QED) is 0.400. The fourth-order valence-electron chi connectivity index (χ4n) is 1.51. The molecule has 5 nitrogen and oxygen atoms in total. The Labute approximate surface area is 134 Å². The highest BCUT2D eigenvalue weighted by Crippen LogP contribution is 2.36. The Hall–Kier alpha value is -1.61. The van der Waals surface area contributed by atoms with Gasteiger partial charge in [0.25, 0.3) is 5.69 Å². The second-order valence-corrected chi connectivity index (χ2v) is 5.66. The van der Waals surface area contributed by atoms with Crippen molar-refractivity contribution >= 4 is 37.5 Å². The Morgan fingerprint density at radius 1 is 1.33 bits per heavy atom. The second kappa shape index (κ2) is 6.02. The maximum Gasteiger partial charge on any atom is 0.291 e. The molecule has 0 unspecified atom stereocenters. The minimum absolute atomic E-state index is 0.102. The fourth-order valence-corrected chi connectivity index (χ4v) is 2.31. The van der Waals surface area contributed by atoms with E-state index in [1.807, 2.05) is 0 Å². The lowest BCUT2D eigenvalue weighted by molar-refractivity contribution is -0.385. The van der Waals surface area contributed by atoms with Crippen LogP contribution in [0.15, 0.2) is 27.3 Å². The van der Waals surface area contributed by atoms with Gasteiger partial charge >= 0.3 is 0 Å². The van der Waals surface area contributed by atoms with Crippen LogP contribution in [-0.2, 0) is 0 Å². The summed E-state index contributed by atoms with van der Waals surface area (Å²) in [6.45, 7) is 1.48. The molecular formula is C12H6Br2F2N2O3. The Balaban J connectivity index is 2.46. The van der Waals surface area contributed by atoms with Crippen molar-refractivity contribution in [2.75, 3.05) is 0 Å². The molecule has 0 radical (unpaired) electrons. The van der Waals surface area contributed by atoms with Gasteiger partial charge in [0.1, 0.15) is 6.20 Å². The van der Waals surface area contributed by atoms with Crippen LogP contribution in [0.1, 0.15) is 5.56 Å². The number of nitro groups is 1. The van der Waals surface area contributed by atoms with Gasteiger partial charge in [-0.1, -0.05) is 15.9 Å². The minimum atomic E-state index is -1.18. The molecule has 110 valence electrons. The van der Waals surface area contributed by atoms with Crippen LogP contribution in [0.3, 0.4) is 0 Å². The predicted molar refractivity (Wildman–Crippen MR) is 77.5 cm³/mol. The van der Waals surface area contributed by atoms with Crippen molar-refractivity contribution in [2.24, 2.45) is 0 Å². The number of halogens is 4. The molecule has 0 aliphatic heterocycles. The van der Waals surface area contributed by atoms with Gasteiger partial charge in [0.05, 0.1) is 9.40 Å². The van der Waals surface area contributed by atoms with E-state index < -0.39 is 16.6 Å². The van der Waals surface area contributed by atoms with Crippen LogP contribution in [-0.4, -0.2) is 9.91 Å². The summed E-state index contributed by atoms with van der Waals surface area (Å²) < 4.78 is 32.6. The highest BCUT2D eigenvalue weighted by atomic mass is 79.9. The molecule has 0 saturated carbocycles. The largest absolute Gasteiger partial charge is 0.435 e. The van der Waals surface area contributed by atoms with Crippen LogP contribution in [0, 0.1) is 28.7 Å². The summed E-state index contributed by atoms with van der Waals surface area (Å²) in [4.78, 5) is 13.9. The summed E-state index contributed by atoms with van der Waals surface area (Å²) in [7, 11) is 0. The number of aromatic nitrogens is 1. The smallest absolute Gasteiger partial charge is 0.291 e. The first kappa shape index (κ1) is 15.8. The van der Waals surface area contributed by atoms with Crippen molar-refractivity contribution in [3.05, 3.63) is 54.6 Å². The first-order chi connectivity index (χ1) is 9.81. The molecule has 0 atom stereocenters. The molecule has 0 amide bonds. The lowest BCUT2D eigenvalue weighted by Crippen LogP contribution is -1.99. The molecule has 0 N–H and O–H groups in total. The van der Waals surface area contributed by atoms with Crippen LogP contribution >= 0.6 is 31.9 Å². The molecule has 0 bridgehead atoms. The third kappa shape index (κ3) is 3.18. The molecule has 1 heterocycles. The molecule has 1 aromatic heterocycles. The lowest BCUT2D eigenvalue weighted by Gasteiger charge is -2.10. The topological polar surface area (TPSA) is 65.3 Å². The maximum absolute atomic E-state index is 13.6. The van der Waals surface area contributed by atoms with Gasteiger partial charge in [0, 0.05) is 10.0 Å². The number of ether oxygens (including phenoxy) is 1. The van der Waals surface area contributed by atoms with Crippen LogP contribution in [0.25, 0.3) is 0 Å². The van der Waals surface area contributed by atoms with Crippen LogP contribution < -0.4 is 4.74 Å². The second-order valence-electron chi connectivity index (χ2n) is 3.95. The normalized spacial score (nSPS) is 10.5. The molecule has 2 aromatic rings. The van der Waals surface area contributed by atoms with Gasteiger partial charge in [0.2, 0.25) is 11.7 Å². The van der Waals surface area contributed by atoms with Crippen LogP contribution in [0.4, 0.5) is 14.5 Å². The monoisotopic (exact) mass is 422 g/mol. The van der Waals surface area contributed by atoms with E-state index in [2.05, 4.69) is 36.8 Å². The number of hydrogen-bond donors (Lipinski definition) is 0. The standard InChI is InChI=1S/C12H6Br2F2N2O3/c1-5-8(18(19)20)4-17-12(10(5)14)21-9-3-6(13)2-7(15)11(9)16/h2-4H,1H3. The van der Waals surface area contributed by atoms with Crippen molar-refractivity contribution in [1.82, 2.24) is 4.98 Å². The van der Waals surface area contributed by atoms with Gasteiger partial charge < -0.3 is 4.74 Å². The molecule has 0 fully saturated rings. The molecule has 1 aromatic carbocycles. The molecular weight excluding hydrogens is 418 g/mol. The molecule has 21 heavy (non-hydrogen) atoms. The molecule has 0 spiro atoms. The fraction of sp³-hybridized carbons (Fsp3) is 0.0833. The first-order valence-corrected chi connectivity index (χ1v) is 7.01. The Kier molecular flexibility index (Phi) is 4.52. The lowest BCUT2D eigenvalue weighted by atomic mass is 10.2. The minimum Gasteiger partial charge on any atom is -0.435 e. The van der Waals surface area contributed by atoms with Crippen molar-refractivity contribution in [3.8, 4) is 11.6 Å². The van der Waals surface area contributed by atoms with E-state index in [9.17, 15) is 18.9 Å². The van der Waals surface area contributed by atoms with Crippen LogP contribution in [0.5, 0.6) is 11.6 Å². The molecule has 0 saturated heterocycles. The van der Waals surface area contributed by atoms with Crippen molar-refractivity contribution in [1.29, 1.82) is 0 Å². The van der Waals surface area contributed by atoms with Crippen molar-refractivity contribution in [3.63, 3.8) is 0 Å². The number of nitrogens with zero attached hydrogens (tertiary/aromatic N) is 2. The van der Waals surface area contributed by atoms with Crippen molar-refractivity contribution in [2.45, 2.75) is 6.92 Å².